The molecule has 2 aromatic rings. The summed E-state index contributed by atoms with van der Waals surface area (Å²) in [5, 5.41) is 2.65. The average molecular weight is 611 g/mol. The summed E-state index contributed by atoms with van der Waals surface area (Å²) in [6.07, 6.45) is 6.66. The molecule has 0 aliphatic carbocycles. The number of amides is 2. The summed E-state index contributed by atoms with van der Waals surface area (Å²) < 4.78 is 40.1. The van der Waals surface area contributed by atoms with Crippen molar-refractivity contribution in [1.29, 1.82) is 0 Å². The molecular weight excluding hydrogens is 567 g/mol. The SMILES string of the molecule is CC(=O)/C(N=CCCN(C)C)=C(\C=C\CC(C)CCc1ccccc1)N1CC=[N+](C(=O)Nc2ccc(C(F)(F)F)cc2)CC1. The number of halogens is 3. The van der Waals surface area contributed by atoms with Crippen molar-refractivity contribution in [2.75, 3.05) is 45.6 Å². The van der Waals surface area contributed by atoms with Gasteiger partial charge in [0, 0.05) is 19.7 Å². The van der Waals surface area contributed by atoms with Crippen LogP contribution in [0.2, 0.25) is 0 Å². The highest BCUT2D eigenvalue weighted by Gasteiger charge is 2.30. The summed E-state index contributed by atoms with van der Waals surface area (Å²) >= 11 is 0. The number of alkyl halides is 3. The molecule has 1 aliphatic heterocycles. The molecule has 44 heavy (non-hydrogen) atoms. The van der Waals surface area contributed by atoms with E-state index < -0.39 is 17.8 Å². The van der Waals surface area contributed by atoms with E-state index in [2.05, 4.69) is 47.6 Å². The molecule has 1 unspecified atom stereocenters. The first-order valence-corrected chi connectivity index (χ1v) is 14.9. The lowest BCUT2D eigenvalue weighted by molar-refractivity contribution is -0.426. The van der Waals surface area contributed by atoms with E-state index in [1.165, 1.54) is 29.2 Å². The standard InChI is InChI=1S/C34H42F3N5O2/c1-26(14-15-28-11-6-5-7-12-28)10-8-13-31(32(27(2)43)38-20-9-21-40(3)4)41-22-24-42(25-23-41)33(44)39-30-18-16-29(17-19-30)34(35,36)37/h5-8,11-13,16-20,24,26H,9-10,14-15,21-23,25H2,1-4H3/p+1/b13-8+,32-31-,38-20?. The highest BCUT2D eigenvalue weighted by molar-refractivity contribution is 5.95. The van der Waals surface area contributed by atoms with E-state index in [4.69, 9.17) is 0 Å². The number of anilines is 1. The second-order valence-electron chi connectivity index (χ2n) is 11.3. The molecule has 1 heterocycles. The molecule has 0 saturated carbocycles. The van der Waals surface area contributed by atoms with Gasteiger partial charge in [-0.2, -0.15) is 22.5 Å². The number of urea groups is 1. The topological polar surface area (TPSA) is 68.0 Å². The van der Waals surface area contributed by atoms with Crippen LogP contribution in [0.25, 0.3) is 0 Å². The Hall–Kier alpha value is -4.05. The zero-order valence-corrected chi connectivity index (χ0v) is 26.0. The van der Waals surface area contributed by atoms with Crippen LogP contribution in [-0.2, 0) is 17.4 Å². The number of rotatable bonds is 13. The zero-order valence-electron chi connectivity index (χ0n) is 26.0. The fourth-order valence-corrected chi connectivity index (χ4v) is 4.68. The van der Waals surface area contributed by atoms with Gasteiger partial charge in [0.05, 0.1) is 30.6 Å². The smallest absolute Gasteiger partial charge is 0.358 e. The first-order chi connectivity index (χ1) is 20.9. The third-order valence-electron chi connectivity index (χ3n) is 7.28. The number of ketones is 1. The number of allylic oxidation sites excluding steroid dienone is 3. The van der Waals surface area contributed by atoms with Crippen LogP contribution in [0.5, 0.6) is 0 Å². The molecule has 7 nitrogen and oxygen atoms in total. The predicted molar refractivity (Wildman–Crippen MR) is 170 cm³/mol. The molecule has 0 aromatic heterocycles. The van der Waals surface area contributed by atoms with Gasteiger partial charge in [-0.3, -0.25) is 9.79 Å². The Bertz CT molecular complexity index is 1360. The van der Waals surface area contributed by atoms with Gasteiger partial charge in [0.2, 0.25) is 0 Å². The summed E-state index contributed by atoms with van der Waals surface area (Å²) in [6.45, 7) is 5.65. The average Bonchev–Trinajstić information content (AvgIpc) is 2.99. The van der Waals surface area contributed by atoms with Gasteiger partial charge >= 0.3 is 12.2 Å². The number of hydrogen-bond acceptors (Lipinski definition) is 5. The van der Waals surface area contributed by atoms with E-state index in [9.17, 15) is 22.8 Å². The Labute approximate surface area is 258 Å². The number of aryl methyl sites for hydroxylation is 1. The summed E-state index contributed by atoms with van der Waals surface area (Å²) in [7, 11) is 3.96. The van der Waals surface area contributed by atoms with Gasteiger partial charge < -0.3 is 9.80 Å². The van der Waals surface area contributed by atoms with Gasteiger partial charge in [-0.25, -0.2) is 5.32 Å². The Morgan fingerprint density at radius 3 is 2.41 bits per heavy atom. The number of benzene rings is 2. The highest BCUT2D eigenvalue weighted by atomic mass is 19.4. The van der Waals surface area contributed by atoms with Crippen molar-refractivity contribution >= 4 is 29.9 Å². The molecule has 10 heteroatoms. The Balaban J connectivity index is 1.73. The highest BCUT2D eigenvalue weighted by Crippen LogP contribution is 2.30. The number of carbonyl (C=O) groups excluding carboxylic acids is 2. The molecular formula is C34H43F3N5O2+. The van der Waals surface area contributed by atoms with Crippen LogP contribution in [0.3, 0.4) is 0 Å². The molecule has 0 saturated heterocycles. The number of nitrogens with zero attached hydrogens (tertiary/aromatic N) is 4. The minimum Gasteiger partial charge on any atom is -0.358 e. The van der Waals surface area contributed by atoms with Crippen LogP contribution in [0.4, 0.5) is 23.7 Å². The fourth-order valence-electron chi connectivity index (χ4n) is 4.68. The van der Waals surface area contributed by atoms with E-state index in [0.29, 0.717) is 43.4 Å². The van der Waals surface area contributed by atoms with Crippen molar-refractivity contribution in [3.05, 3.63) is 89.3 Å². The summed E-state index contributed by atoms with van der Waals surface area (Å²) in [6, 6.07) is 14.3. The lowest BCUT2D eigenvalue weighted by Gasteiger charge is -2.28. The first kappa shape index (κ1) is 34.4. The minimum atomic E-state index is -4.44. The molecule has 0 fully saturated rings. The van der Waals surface area contributed by atoms with Gasteiger partial charge in [-0.15, -0.1) is 0 Å². The van der Waals surface area contributed by atoms with Gasteiger partial charge in [-0.1, -0.05) is 43.3 Å². The Kier molecular flexibility index (Phi) is 13.1. The Morgan fingerprint density at radius 1 is 1.11 bits per heavy atom. The fraction of sp³-hybridized carbons (Fsp3) is 0.412. The normalized spacial score (nSPS) is 15.5. The van der Waals surface area contributed by atoms with Gasteiger partial charge in [0.15, 0.2) is 5.78 Å². The second-order valence-corrected chi connectivity index (χ2v) is 11.3. The zero-order chi connectivity index (χ0) is 32.1. The van der Waals surface area contributed by atoms with Crippen molar-refractivity contribution in [3.8, 4) is 0 Å². The third-order valence-corrected chi connectivity index (χ3v) is 7.28. The number of aliphatic imine (C=N–C) groups is 1. The molecule has 0 spiro atoms. The monoisotopic (exact) mass is 610 g/mol. The van der Waals surface area contributed by atoms with E-state index in [1.54, 1.807) is 12.4 Å². The molecule has 0 radical (unpaired) electrons. The van der Waals surface area contributed by atoms with Crippen LogP contribution in [0, 0.1) is 5.92 Å². The second kappa shape index (κ2) is 16.7. The molecule has 1 N–H and O–H groups in total. The van der Waals surface area contributed by atoms with Gasteiger partial charge in [-0.05, 0) is 81.6 Å². The van der Waals surface area contributed by atoms with Crippen molar-refractivity contribution in [2.45, 2.75) is 45.7 Å². The van der Waals surface area contributed by atoms with E-state index in [-0.39, 0.29) is 11.5 Å². The summed E-state index contributed by atoms with van der Waals surface area (Å²) in [5.41, 5.74) is 1.88. The first-order valence-electron chi connectivity index (χ1n) is 14.9. The maximum absolute atomic E-state index is 12.9. The predicted octanol–water partition coefficient (Wildman–Crippen LogP) is 6.67. The van der Waals surface area contributed by atoms with Crippen LogP contribution in [-0.4, -0.2) is 78.9 Å². The molecule has 236 valence electrons. The van der Waals surface area contributed by atoms with Gasteiger partial charge in [0.1, 0.15) is 17.9 Å². The van der Waals surface area contributed by atoms with Crippen LogP contribution < -0.4 is 5.32 Å². The number of hydrogen-bond donors (Lipinski definition) is 1. The summed E-state index contributed by atoms with van der Waals surface area (Å²) in [4.78, 5) is 34.3. The largest absolute Gasteiger partial charge is 0.495 e. The quantitative estimate of drug-likeness (QED) is 0.119. The minimum absolute atomic E-state index is 0.148. The molecule has 1 atom stereocenters. The van der Waals surface area contributed by atoms with Crippen molar-refractivity contribution in [1.82, 2.24) is 9.80 Å². The molecule has 2 aromatic carbocycles. The molecule has 0 bridgehead atoms. The number of carbonyl (C=O) groups is 2. The Morgan fingerprint density at radius 2 is 1.82 bits per heavy atom. The van der Waals surface area contributed by atoms with Crippen molar-refractivity contribution < 1.29 is 27.3 Å². The van der Waals surface area contributed by atoms with Crippen molar-refractivity contribution in [2.24, 2.45) is 10.9 Å². The third kappa shape index (κ3) is 11.2. The lowest BCUT2D eigenvalue weighted by atomic mass is 9.98. The molecule has 2 amide bonds. The number of Topliss-reactive ketones (excluding diaryl/α,β-unsaturated/α-hetero) is 1. The molecule has 1 aliphatic rings. The maximum Gasteiger partial charge on any atom is 0.495 e. The van der Waals surface area contributed by atoms with Gasteiger partial charge in [0.25, 0.3) is 0 Å². The van der Waals surface area contributed by atoms with Crippen LogP contribution in [0.1, 0.15) is 44.2 Å². The number of nitrogens with one attached hydrogen (secondary N) is 1. The van der Waals surface area contributed by atoms with Crippen molar-refractivity contribution in [3.63, 3.8) is 0 Å². The lowest BCUT2D eigenvalue weighted by Crippen LogP contribution is -2.43. The maximum atomic E-state index is 12.9. The van der Waals surface area contributed by atoms with E-state index in [1.807, 2.05) is 36.0 Å². The van der Waals surface area contributed by atoms with E-state index in [0.717, 1.165) is 37.9 Å². The van der Waals surface area contributed by atoms with E-state index >= 15 is 0 Å². The summed E-state index contributed by atoms with van der Waals surface area (Å²) in [5.74, 6) is 0.291. The van der Waals surface area contributed by atoms with Crippen LogP contribution >= 0.6 is 0 Å². The van der Waals surface area contributed by atoms with Crippen LogP contribution in [0.15, 0.2) is 83.1 Å². The molecule has 3 rings (SSSR count).